The Bertz CT molecular complexity index is 401. The van der Waals surface area contributed by atoms with Crippen molar-refractivity contribution in [1.82, 2.24) is 0 Å². The quantitative estimate of drug-likeness (QED) is 0.290. The number of rotatable bonds is 3. The minimum absolute atomic E-state index is 0. The molecule has 0 fully saturated rings. The van der Waals surface area contributed by atoms with E-state index in [2.05, 4.69) is 0 Å². The van der Waals surface area contributed by atoms with Crippen LogP contribution in [-0.4, -0.2) is 13.7 Å². The van der Waals surface area contributed by atoms with Crippen LogP contribution in [0.3, 0.4) is 0 Å². The van der Waals surface area contributed by atoms with Crippen molar-refractivity contribution in [2.24, 2.45) is 0 Å². The van der Waals surface area contributed by atoms with Crippen LogP contribution >= 0.6 is 11.6 Å². The molecule has 0 spiro atoms. The zero-order chi connectivity index (χ0) is 10.7. The molecule has 0 aromatic heterocycles. The largest absolute Gasteiger partial charge is 1.00 e. The van der Waals surface area contributed by atoms with Crippen LogP contribution in [0.4, 0.5) is 5.69 Å². The molecular formula is C7H5ClNNaO4S. The first kappa shape index (κ1) is 15.0. The van der Waals surface area contributed by atoms with Gasteiger partial charge in [-0.05, 0) is 12.1 Å². The van der Waals surface area contributed by atoms with Crippen molar-refractivity contribution in [3.63, 3.8) is 0 Å². The average molecular weight is 258 g/mol. The smallest absolute Gasteiger partial charge is 0.772 e. The number of hydrogen-bond donors (Lipinski definition) is 0. The van der Waals surface area contributed by atoms with Crippen LogP contribution in [0.5, 0.6) is 0 Å². The van der Waals surface area contributed by atoms with Gasteiger partial charge in [-0.15, -0.1) is 0 Å². The van der Waals surface area contributed by atoms with Gasteiger partial charge in [-0.3, -0.25) is 14.3 Å². The maximum atomic E-state index is 10.5. The third kappa shape index (κ3) is 4.58. The number of nitro benzene ring substituents is 1. The summed E-state index contributed by atoms with van der Waals surface area (Å²) in [5, 5.41) is 10.7. The Balaban J connectivity index is 0.00000196. The molecule has 0 aliphatic carbocycles. The monoisotopic (exact) mass is 257 g/mol. The average Bonchev–Trinajstić information content (AvgIpc) is 2.07. The van der Waals surface area contributed by atoms with E-state index in [9.17, 15) is 18.9 Å². The maximum absolute atomic E-state index is 10.5. The van der Waals surface area contributed by atoms with Gasteiger partial charge >= 0.3 is 29.6 Å². The Kier molecular flexibility index (Phi) is 6.58. The first-order chi connectivity index (χ1) is 6.50. The SMILES string of the molecule is O=[N+]([O-])c1cc(Cl)ccc1CS(=O)[O-].[Na+]. The van der Waals surface area contributed by atoms with Crippen LogP contribution in [-0.2, 0) is 16.8 Å². The first-order valence-corrected chi connectivity index (χ1v) is 5.11. The van der Waals surface area contributed by atoms with Gasteiger partial charge < -0.3 is 4.55 Å². The van der Waals surface area contributed by atoms with Crippen LogP contribution in [0.2, 0.25) is 5.02 Å². The van der Waals surface area contributed by atoms with Gasteiger partial charge in [0.2, 0.25) is 0 Å². The molecule has 0 aliphatic heterocycles. The van der Waals surface area contributed by atoms with Gasteiger partial charge in [0.15, 0.2) is 0 Å². The van der Waals surface area contributed by atoms with E-state index in [0.717, 1.165) is 6.07 Å². The normalized spacial score (nSPS) is 11.6. The van der Waals surface area contributed by atoms with Crippen molar-refractivity contribution in [1.29, 1.82) is 0 Å². The summed E-state index contributed by atoms with van der Waals surface area (Å²) in [5.41, 5.74) is -0.144. The van der Waals surface area contributed by atoms with E-state index in [-0.39, 0.29) is 51.6 Å². The van der Waals surface area contributed by atoms with Gasteiger partial charge in [-0.1, -0.05) is 22.7 Å². The van der Waals surface area contributed by atoms with Crippen molar-refractivity contribution in [2.45, 2.75) is 5.75 Å². The molecular weight excluding hydrogens is 253 g/mol. The molecule has 1 atom stereocenters. The Labute approximate surface area is 116 Å². The van der Waals surface area contributed by atoms with Gasteiger partial charge in [-0.25, -0.2) is 0 Å². The Morgan fingerprint density at radius 2 is 2.07 bits per heavy atom. The predicted octanol–water partition coefficient (Wildman–Crippen LogP) is -1.37. The van der Waals surface area contributed by atoms with Crippen LogP contribution in [0.15, 0.2) is 18.2 Å². The number of benzene rings is 1. The molecule has 0 saturated heterocycles. The second kappa shape index (κ2) is 6.57. The topological polar surface area (TPSA) is 83.3 Å². The van der Waals surface area contributed by atoms with E-state index in [1.54, 1.807) is 0 Å². The van der Waals surface area contributed by atoms with Crippen molar-refractivity contribution >= 4 is 28.4 Å². The fourth-order valence-electron chi connectivity index (χ4n) is 0.956. The molecule has 0 aliphatic rings. The van der Waals surface area contributed by atoms with Gasteiger partial charge in [0.1, 0.15) is 0 Å². The van der Waals surface area contributed by atoms with Crippen LogP contribution in [0, 0.1) is 10.1 Å². The molecule has 0 N–H and O–H groups in total. The Morgan fingerprint density at radius 1 is 1.47 bits per heavy atom. The summed E-state index contributed by atoms with van der Waals surface area (Å²) in [6.07, 6.45) is 0. The summed E-state index contributed by atoms with van der Waals surface area (Å²) < 4.78 is 20.7. The van der Waals surface area contributed by atoms with E-state index in [0.29, 0.717) is 0 Å². The zero-order valence-corrected chi connectivity index (χ0v) is 11.4. The second-order valence-corrected chi connectivity index (χ2v) is 3.81. The molecule has 1 aromatic carbocycles. The third-order valence-electron chi connectivity index (χ3n) is 1.52. The minimum atomic E-state index is -2.35. The standard InChI is InChI=1S/C7H6ClNO4S.Na/c8-6-2-1-5(4-14(12)13)7(3-6)9(10)11;/h1-3H,4H2,(H,12,13);/q;+1/p-1. The zero-order valence-electron chi connectivity index (χ0n) is 7.81. The summed E-state index contributed by atoms with van der Waals surface area (Å²) in [5.74, 6) is -0.381. The molecule has 0 radical (unpaired) electrons. The van der Waals surface area contributed by atoms with Crippen molar-refractivity contribution in [2.75, 3.05) is 0 Å². The molecule has 8 heteroatoms. The molecule has 0 amide bonds. The molecule has 5 nitrogen and oxygen atoms in total. The van der Waals surface area contributed by atoms with Crippen molar-refractivity contribution in [3.8, 4) is 0 Å². The summed E-state index contributed by atoms with van der Waals surface area (Å²) in [6.45, 7) is 0. The predicted molar refractivity (Wildman–Crippen MR) is 50.7 cm³/mol. The van der Waals surface area contributed by atoms with E-state index in [4.69, 9.17) is 11.6 Å². The van der Waals surface area contributed by atoms with Crippen LogP contribution in [0.1, 0.15) is 5.56 Å². The maximum Gasteiger partial charge on any atom is 1.00 e. The Hall–Kier alpha value is 0.0200. The molecule has 76 valence electrons. The molecule has 1 unspecified atom stereocenters. The summed E-state index contributed by atoms with van der Waals surface area (Å²) >= 11 is 3.19. The van der Waals surface area contributed by atoms with Gasteiger partial charge in [0.25, 0.3) is 5.69 Å². The van der Waals surface area contributed by atoms with E-state index < -0.39 is 16.0 Å². The third-order valence-corrected chi connectivity index (χ3v) is 2.30. The molecule has 15 heavy (non-hydrogen) atoms. The minimum Gasteiger partial charge on any atom is -0.772 e. The number of nitro groups is 1. The summed E-state index contributed by atoms with van der Waals surface area (Å²) in [6, 6.07) is 3.87. The fourth-order valence-corrected chi connectivity index (χ4v) is 1.62. The van der Waals surface area contributed by atoms with Crippen molar-refractivity contribution < 1.29 is 43.2 Å². The fraction of sp³-hybridized carbons (Fsp3) is 0.143. The number of hydrogen-bond acceptors (Lipinski definition) is 4. The van der Waals surface area contributed by atoms with Crippen LogP contribution in [0.25, 0.3) is 0 Å². The number of halogens is 1. The van der Waals surface area contributed by atoms with E-state index >= 15 is 0 Å². The van der Waals surface area contributed by atoms with Gasteiger partial charge in [-0.2, -0.15) is 0 Å². The summed E-state index contributed by atoms with van der Waals surface area (Å²) in [4.78, 5) is 9.84. The second-order valence-electron chi connectivity index (χ2n) is 2.48. The van der Waals surface area contributed by atoms with Crippen molar-refractivity contribution in [3.05, 3.63) is 38.9 Å². The van der Waals surface area contributed by atoms with Gasteiger partial charge in [0, 0.05) is 22.4 Å². The molecule has 0 bridgehead atoms. The number of nitrogens with zero attached hydrogens (tertiary/aromatic N) is 1. The summed E-state index contributed by atoms with van der Waals surface area (Å²) in [7, 11) is 0. The Morgan fingerprint density at radius 3 is 2.53 bits per heavy atom. The van der Waals surface area contributed by atoms with E-state index in [1.807, 2.05) is 0 Å². The molecule has 0 saturated carbocycles. The molecule has 0 heterocycles. The molecule has 1 aromatic rings. The van der Waals surface area contributed by atoms with Gasteiger partial charge in [0.05, 0.1) is 4.92 Å². The first-order valence-electron chi connectivity index (χ1n) is 3.49. The van der Waals surface area contributed by atoms with E-state index in [1.165, 1.54) is 12.1 Å². The van der Waals surface area contributed by atoms with Crippen LogP contribution < -0.4 is 29.6 Å². The molecule has 1 rings (SSSR count).